The van der Waals surface area contributed by atoms with Gasteiger partial charge in [0.1, 0.15) is 12.6 Å². The van der Waals surface area contributed by atoms with Crippen molar-refractivity contribution in [3.63, 3.8) is 0 Å². The maximum atomic E-state index is 12.7. The fraction of sp³-hybridized carbons (Fsp3) is 0.750. The van der Waals surface area contributed by atoms with Gasteiger partial charge in [-0.05, 0) is 69.8 Å². The molecule has 0 bridgehead atoms. The molecule has 1 aliphatic carbocycles. The van der Waals surface area contributed by atoms with Gasteiger partial charge in [0.25, 0.3) is 0 Å². The topological polar surface area (TPSA) is 209 Å². The average molecular weight is 896 g/mol. The number of aliphatic carboxylic acids is 1. The molecule has 356 valence electrons. The van der Waals surface area contributed by atoms with E-state index in [9.17, 15) is 33.7 Å². The predicted octanol–water partition coefficient (Wildman–Crippen LogP) is 10.6. The number of carbonyl (C=O) groups is 4. The summed E-state index contributed by atoms with van der Waals surface area (Å²) in [4.78, 5) is 58.6. The Morgan fingerprint density at radius 3 is 1.89 bits per heavy atom. The molecule has 13 nitrogen and oxygen atoms in total. The summed E-state index contributed by atoms with van der Waals surface area (Å²) < 4.78 is 32.7. The van der Waals surface area contributed by atoms with Gasteiger partial charge in [-0.25, -0.2) is 4.57 Å². The number of phosphoric acid groups is 1. The van der Waals surface area contributed by atoms with Crippen LogP contribution in [0, 0.1) is 11.8 Å². The van der Waals surface area contributed by atoms with Crippen LogP contribution in [0.15, 0.2) is 48.6 Å². The molecule has 0 spiro atoms. The zero-order valence-electron chi connectivity index (χ0n) is 38.1. The van der Waals surface area contributed by atoms with Crippen molar-refractivity contribution in [2.75, 3.05) is 19.8 Å². The van der Waals surface area contributed by atoms with E-state index < -0.39 is 63.8 Å². The number of allylic oxidation sites excluding steroid dienone is 7. The molecule has 6 atom stereocenters. The van der Waals surface area contributed by atoms with E-state index in [0.717, 1.165) is 38.5 Å². The first-order valence-electron chi connectivity index (χ1n) is 23.7. The number of phosphoric ester groups is 1. The van der Waals surface area contributed by atoms with Gasteiger partial charge in [0.2, 0.25) is 0 Å². The van der Waals surface area contributed by atoms with Crippen molar-refractivity contribution < 1.29 is 57.4 Å². The van der Waals surface area contributed by atoms with Gasteiger partial charge >= 0.3 is 25.7 Å². The van der Waals surface area contributed by atoms with Crippen LogP contribution in [0.1, 0.15) is 181 Å². The average Bonchev–Trinajstić information content (AvgIpc) is 3.60. The van der Waals surface area contributed by atoms with Crippen molar-refractivity contribution in [3.05, 3.63) is 48.6 Å². The van der Waals surface area contributed by atoms with Gasteiger partial charge in [-0.15, -0.1) is 0 Å². The molecular formula is C48H82NO12P. The Labute approximate surface area is 372 Å². The minimum Gasteiger partial charge on any atom is -0.480 e. The molecule has 1 rings (SSSR count). The molecule has 0 radical (unpaired) electrons. The SMILES string of the molecule is CCCCCCCC/C=C\CCCCCCCCCCCC(=O)OC[C@H](COP(=O)(O)OC[C@H](N)C(=O)O)OC(=O)CCC/C=C\C[C@H]1C=CC(=O)[C@@H]1/C=C/[C@@H](O)CCCCC. The lowest BCUT2D eigenvalue weighted by atomic mass is 9.90. The molecule has 1 unspecified atom stereocenters. The number of carboxylic acids is 1. The van der Waals surface area contributed by atoms with Gasteiger partial charge in [0.05, 0.1) is 19.3 Å². The van der Waals surface area contributed by atoms with Crippen LogP contribution in [-0.4, -0.2) is 76.9 Å². The van der Waals surface area contributed by atoms with E-state index in [2.05, 4.69) is 30.5 Å². The number of carboxylic acid groups (broad SMARTS) is 1. The van der Waals surface area contributed by atoms with Gasteiger partial charge in [-0.1, -0.05) is 153 Å². The molecular weight excluding hydrogens is 813 g/mol. The number of aliphatic hydroxyl groups excluding tert-OH is 1. The zero-order valence-corrected chi connectivity index (χ0v) is 38.9. The number of unbranched alkanes of at least 4 members (excludes halogenated alkanes) is 18. The first-order valence-corrected chi connectivity index (χ1v) is 25.2. The van der Waals surface area contributed by atoms with Gasteiger partial charge in [-0.2, -0.15) is 0 Å². The smallest absolute Gasteiger partial charge is 0.472 e. The number of aliphatic hydroxyl groups is 1. The molecule has 5 N–H and O–H groups in total. The highest BCUT2D eigenvalue weighted by atomic mass is 31.2. The van der Waals surface area contributed by atoms with E-state index in [4.69, 9.17) is 24.8 Å². The summed E-state index contributed by atoms with van der Waals surface area (Å²) in [5.41, 5.74) is 5.34. The number of ether oxygens (including phenoxy) is 2. The second-order valence-corrected chi connectivity index (χ2v) is 18.0. The normalized spacial score (nSPS) is 17.9. The number of carbonyl (C=O) groups excluding carboxylic acids is 3. The minimum absolute atomic E-state index is 0.00926. The Bertz CT molecular complexity index is 1380. The quantitative estimate of drug-likeness (QED) is 0.0195. The number of rotatable bonds is 41. The van der Waals surface area contributed by atoms with Crippen LogP contribution < -0.4 is 5.73 Å². The Balaban J connectivity index is 2.41. The summed E-state index contributed by atoms with van der Waals surface area (Å²) in [5, 5.41) is 19.1. The summed E-state index contributed by atoms with van der Waals surface area (Å²) in [7, 11) is -4.78. The predicted molar refractivity (Wildman–Crippen MR) is 244 cm³/mol. The molecule has 0 aliphatic heterocycles. The Morgan fingerprint density at radius 2 is 1.26 bits per heavy atom. The van der Waals surface area contributed by atoms with Gasteiger partial charge in [0.15, 0.2) is 11.9 Å². The largest absolute Gasteiger partial charge is 0.480 e. The molecule has 0 aromatic heterocycles. The second-order valence-electron chi connectivity index (χ2n) is 16.5. The number of hydrogen-bond acceptors (Lipinski definition) is 11. The van der Waals surface area contributed by atoms with E-state index in [1.54, 1.807) is 18.2 Å². The maximum Gasteiger partial charge on any atom is 0.472 e. The molecule has 1 aliphatic rings. The first kappa shape index (κ1) is 57.1. The summed E-state index contributed by atoms with van der Waals surface area (Å²) in [6, 6.07) is -1.56. The van der Waals surface area contributed by atoms with Crippen molar-refractivity contribution in [1.82, 2.24) is 0 Å². The Hall–Kier alpha value is -2.93. The maximum absolute atomic E-state index is 12.7. The van der Waals surface area contributed by atoms with E-state index in [1.165, 1.54) is 83.5 Å². The van der Waals surface area contributed by atoms with E-state index in [0.29, 0.717) is 32.1 Å². The summed E-state index contributed by atoms with van der Waals surface area (Å²) in [5.74, 6) is -2.87. The zero-order chi connectivity index (χ0) is 45.7. The fourth-order valence-corrected chi connectivity index (χ4v) is 7.71. The van der Waals surface area contributed by atoms with Gasteiger partial charge < -0.3 is 30.3 Å². The van der Waals surface area contributed by atoms with Gasteiger partial charge in [0, 0.05) is 18.8 Å². The van der Waals surface area contributed by atoms with E-state index >= 15 is 0 Å². The molecule has 0 aromatic carbocycles. The van der Waals surface area contributed by atoms with Crippen LogP contribution in [0.2, 0.25) is 0 Å². The first-order chi connectivity index (χ1) is 29.9. The van der Waals surface area contributed by atoms with Crippen LogP contribution in [0.5, 0.6) is 0 Å². The van der Waals surface area contributed by atoms with E-state index in [1.807, 2.05) is 18.2 Å². The van der Waals surface area contributed by atoms with Crippen LogP contribution in [0.25, 0.3) is 0 Å². The number of hydrogen-bond donors (Lipinski definition) is 4. The van der Waals surface area contributed by atoms with Crippen molar-refractivity contribution in [2.24, 2.45) is 17.6 Å². The number of esters is 2. The van der Waals surface area contributed by atoms with E-state index in [-0.39, 0.29) is 30.5 Å². The third-order valence-electron chi connectivity index (χ3n) is 10.8. The summed E-state index contributed by atoms with van der Waals surface area (Å²) in [6.07, 6.45) is 39.5. The van der Waals surface area contributed by atoms with Gasteiger partial charge in [-0.3, -0.25) is 28.2 Å². The standard InChI is InChI=1S/C48H82NO12P/c1-3-5-7-8-9-10-11-12-13-14-15-16-17-18-19-20-21-22-27-31-46(52)58-37-42(38-59-62(56,57)60-39-44(49)48(54)55)61-47(53)32-28-24-23-26-29-40-33-36-45(51)43(40)35-34-41(50)30-25-6-4-2/h12-13,23,26,33-36,40-44,50H,3-11,14-22,24-25,27-32,37-39,49H2,1-2H3,(H,54,55)(H,56,57)/b13-12-,26-23-,35-34+/t40-,41-,42+,43+,44-/m0/s1. The Morgan fingerprint density at radius 1 is 0.726 bits per heavy atom. The monoisotopic (exact) mass is 896 g/mol. The third-order valence-corrected chi connectivity index (χ3v) is 11.7. The highest BCUT2D eigenvalue weighted by molar-refractivity contribution is 7.47. The second kappa shape index (κ2) is 37.4. The molecule has 0 saturated heterocycles. The lowest BCUT2D eigenvalue weighted by Crippen LogP contribution is -2.34. The highest BCUT2D eigenvalue weighted by Crippen LogP contribution is 2.43. The van der Waals surface area contributed by atoms with Crippen LogP contribution in [0.4, 0.5) is 0 Å². The Kier molecular flexibility index (Phi) is 34.5. The molecule has 0 amide bonds. The molecule has 0 aromatic rings. The minimum atomic E-state index is -4.78. The lowest BCUT2D eigenvalue weighted by molar-refractivity contribution is -0.161. The number of nitrogens with two attached hydrogens (primary N) is 1. The molecule has 0 fully saturated rings. The summed E-state index contributed by atoms with van der Waals surface area (Å²) in [6.45, 7) is 2.50. The van der Waals surface area contributed by atoms with Crippen molar-refractivity contribution in [3.8, 4) is 0 Å². The van der Waals surface area contributed by atoms with Crippen LogP contribution in [-0.2, 0) is 42.3 Å². The molecule has 0 saturated carbocycles. The molecule has 62 heavy (non-hydrogen) atoms. The molecule has 14 heteroatoms. The van der Waals surface area contributed by atoms with Crippen LogP contribution in [0.3, 0.4) is 0 Å². The van der Waals surface area contributed by atoms with Crippen LogP contribution >= 0.6 is 7.82 Å². The van der Waals surface area contributed by atoms with Crippen molar-refractivity contribution in [1.29, 1.82) is 0 Å². The third kappa shape index (κ3) is 31.8. The number of ketones is 1. The highest BCUT2D eigenvalue weighted by Gasteiger charge is 2.29. The summed E-state index contributed by atoms with van der Waals surface area (Å²) >= 11 is 0. The van der Waals surface area contributed by atoms with Crippen molar-refractivity contribution in [2.45, 2.75) is 199 Å². The molecule has 0 heterocycles. The lowest BCUT2D eigenvalue weighted by Gasteiger charge is -2.20. The van der Waals surface area contributed by atoms with Crippen molar-refractivity contribution >= 4 is 31.5 Å². The fourth-order valence-electron chi connectivity index (χ4n) is 6.93.